The van der Waals surface area contributed by atoms with E-state index in [1.54, 1.807) is 35.4 Å². The van der Waals surface area contributed by atoms with Gasteiger partial charge < -0.3 is 4.74 Å². The van der Waals surface area contributed by atoms with Crippen LogP contribution < -0.4 is 0 Å². The molecule has 3 aromatic heterocycles. The van der Waals surface area contributed by atoms with Gasteiger partial charge in [0.05, 0.1) is 5.56 Å². The van der Waals surface area contributed by atoms with E-state index in [1.165, 1.54) is 6.20 Å². The molecule has 0 unspecified atom stereocenters. The van der Waals surface area contributed by atoms with Gasteiger partial charge in [0, 0.05) is 36.5 Å². The minimum atomic E-state index is -4.66. The molecular weight excluding hydrogens is 339 g/mol. The summed E-state index contributed by atoms with van der Waals surface area (Å²) in [6, 6.07) is 3.42. The van der Waals surface area contributed by atoms with Gasteiger partial charge in [0.1, 0.15) is 18.8 Å². The number of nitrogens with zero attached hydrogens (tertiary/aromatic N) is 5. The van der Waals surface area contributed by atoms with Gasteiger partial charge in [-0.05, 0) is 6.07 Å². The number of rotatable bonds is 4. The summed E-state index contributed by atoms with van der Waals surface area (Å²) in [5.41, 5.74) is 0.445. The first kappa shape index (κ1) is 16.6. The monoisotopic (exact) mass is 349 g/mol. The average molecular weight is 349 g/mol. The summed E-state index contributed by atoms with van der Waals surface area (Å²) in [6.45, 7) is -0.0862. The fourth-order valence-electron chi connectivity index (χ4n) is 1.86. The van der Waals surface area contributed by atoms with Crippen molar-refractivity contribution < 1.29 is 22.7 Å². The van der Waals surface area contributed by atoms with Gasteiger partial charge in [-0.1, -0.05) is 6.07 Å². The number of pyridine rings is 1. The van der Waals surface area contributed by atoms with Crippen molar-refractivity contribution >= 4 is 5.97 Å². The highest BCUT2D eigenvalue weighted by Gasteiger charge is 2.34. The third kappa shape index (κ3) is 3.97. The molecule has 3 aromatic rings. The van der Waals surface area contributed by atoms with E-state index in [9.17, 15) is 18.0 Å². The van der Waals surface area contributed by atoms with Crippen molar-refractivity contribution in [3.05, 3.63) is 66.4 Å². The summed E-state index contributed by atoms with van der Waals surface area (Å²) in [5, 5.41) is 0. The Labute approximate surface area is 139 Å². The van der Waals surface area contributed by atoms with Crippen LogP contribution in [0.1, 0.15) is 21.7 Å². The van der Waals surface area contributed by atoms with Crippen molar-refractivity contribution in [2.24, 2.45) is 0 Å². The van der Waals surface area contributed by atoms with Crippen molar-refractivity contribution in [1.29, 1.82) is 0 Å². The molecular formula is C15H10F3N5O2. The molecule has 128 valence electrons. The maximum absolute atomic E-state index is 12.4. The molecule has 3 rings (SSSR count). The lowest BCUT2D eigenvalue weighted by atomic mass is 10.3. The predicted molar refractivity (Wildman–Crippen MR) is 77.5 cm³/mol. The van der Waals surface area contributed by atoms with E-state index in [0.717, 1.165) is 12.4 Å². The highest BCUT2D eigenvalue weighted by molar-refractivity contribution is 5.88. The van der Waals surface area contributed by atoms with Crippen LogP contribution in [0.5, 0.6) is 0 Å². The van der Waals surface area contributed by atoms with Gasteiger partial charge in [0.25, 0.3) is 0 Å². The molecule has 0 amide bonds. The molecule has 0 aliphatic rings. The van der Waals surface area contributed by atoms with E-state index >= 15 is 0 Å². The SMILES string of the molecule is O=C(OCc1ccc(-n2ccnc2)nc1)c1cnc(C(F)(F)F)nc1. The third-order valence-corrected chi connectivity index (χ3v) is 3.09. The molecule has 7 nitrogen and oxygen atoms in total. The van der Waals surface area contributed by atoms with Gasteiger partial charge in [0.15, 0.2) is 0 Å². The molecule has 0 saturated carbocycles. The lowest BCUT2D eigenvalue weighted by Gasteiger charge is -2.07. The number of hydrogen-bond acceptors (Lipinski definition) is 6. The Hall–Kier alpha value is -3.30. The van der Waals surface area contributed by atoms with Crippen LogP contribution in [0.3, 0.4) is 0 Å². The Kier molecular flexibility index (Phi) is 4.42. The van der Waals surface area contributed by atoms with Crippen LogP contribution in [0.2, 0.25) is 0 Å². The topological polar surface area (TPSA) is 82.8 Å². The highest BCUT2D eigenvalue weighted by atomic mass is 19.4. The number of ether oxygens (including phenoxy) is 1. The zero-order valence-corrected chi connectivity index (χ0v) is 12.5. The molecule has 0 saturated heterocycles. The van der Waals surface area contributed by atoms with Crippen LogP contribution in [0.4, 0.5) is 13.2 Å². The van der Waals surface area contributed by atoms with Gasteiger partial charge in [0.2, 0.25) is 5.82 Å². The first-order valence-electron chi connectivity index (χ1n) is 6.93. The molecule has 0 N–H and O–H groups in total. The summed E-state index contributed by atoms with van der Waals surface area (Å²) in [4.78, 5) is 26.1. The second-order valence-corrected chi connectivity index (χ2v) is 4.86. The van der Waals surface area contributed by atoms with Crippen molar-refractivity contribution in [1.82, 2.24) is 24.5 Å². The molecule has 0 aliphatic carbocycles. The number of aromatic nitrogens is 5. The maximum atomic E-state index is 12.4. The Balaban J connectivity index is 1.60. The first-order chi connectivity index (χ1) is 11.9. The Morgan fingerprint density at radius 3 is 2.44 bits per heavy atom. The van der Waals surface area contributed by atoms with E-state index in [0.29, 0.717) is 11.4 Å². The molecule has 0 radical (unpaired) electrons. The second-order valence-electron chi connectivity index (χ2n) is 4.86. The van der Waals surface area contributed by atoms with E-state index in [-0.39, 0.29) is 12.2 Å². The van der Waals surface area contributed by atoms with Crippen LogP contribution in [0.15, 0.2) is 49.4 Å². The number of imidazole rings is 1. The molecule has 3 heterocycles. The summed E-state index contributed by atoms with van der Waals surface area (Å²) in [6.07, 6.45) is 3.34. The van der Waals surface area contributed by atoms with Crippen molar-refractivity contribution in [2.75, 3.05) is 0 Å². The van der Waals surface area contributed by atoms with Gasteiger partial charge >= 0.3 is 12.1 Å². The Morgan fingerprint density at radius 1 is 1.12 bits per heavy atom. The number of alkyl halides is 3. The van der Waals surface area contributed by atoms with Crippen LogP contribution in [0, 0.1) is 0 Å². The number of carbonyl (C=O) groups excluding carboxylic acids is 1. The predicted octanol–water partition coefficient (Wildman–Crippen LogP) is 2.43. The van der Waals surface area contributed by atoms with E-state index in [2.05, 4.69) is 19.9 Å². The van der Waals surface area contributed by atoms with E-state index in [4.69, 9.17) is 4.74 Å². The summed E-state index contributed by atoms with van der Waals surface area (Å²) in [5.74, 6) is -1.50. The minimum Gasteiger partial charge on any atom is -0.457 e. The maximum Gasteiger partial charge on any atom is 0.451 e. The fraction of sp³-hybridized carbons (Fsp3) is 0.133. The van der Waals surface area contributed by atoms with Crippen LogP contribution in [-0.2, 0) is 17.5 Å². The lowest BCUT2D eigenvalue weighted by molar-refractivity contribution is -0.145. The normalized spacial score (nSPS) is 11.3. The molecule has 10 heteroatoms. The first-order valence-corrected chi connectivity index (χ1v) is 6.93. The van der Waals surface area contributed by atoms with Crippen molar-refractivity contribution in [3.63, 3.8) is 0 Å². The molecule has 0 spiro atoms. The smallest absolute Gasteiger partial charge is 0.451 e. The zero-order valence-electron chi connectivity index (χ0n) is 12.5. The van der Waals surface area contributed by atoms with Crippen LogP contribution in [-0.4, -0.2) is 30.5 Å². The minimum absolute atomic E-state index is 0.0862. The zero-order chi connectivity index (χ0) is 17.9. The summed E-state index contributed by atoms with van der Waals surface area (Å²) >= 11 is 0. The van der Waals surface area contributed by atoms with Gasteiger partial charge in [-0.3, -0.25) is 4.57 Å². The highest BCUT2D eigenvalue weighted by Crippen LogP contribution is 2.25. The van der Waals surface area contributed by atoms with Gasteiger partial charge in [-0.2, -0.15) is 13.2 Å². The second kappa shape index (κ2) is 6.67. The molecule has 0 aromatic carbocycles. The van der Waals surface area contributed by atoms with Crippen LogP contribution >= 0.6 is 0 Å². The largest absolute Gasteiger partial charge is 0.457 e. The number of hydrogen-bond donors (Lipinski definition) is 0. The number of halogens is 3. The van der Waals surface area contributed by atoms with Gasteiger partial charge in [-0.25, -0.2) is 24.7 Å². The molecule has 25 heavy (non-hydrogen) atoms. The molecule has 0 bridgehead atoms. The molecule has 0 aliphatic heterocycles. The average Bonchev–Trinajstić information content (AvgIpc) is 3.14. The third-order valence-electron chi connectivity index (χ3n) is 3.09. The van der Waals surface area contributed by atoms with Crippen molar-refractivity contribution in [3.8, 4) is 5.82 Å². The summed E-state index contributed by atoms with van der Waals surface area (Å²) in [7, 11) is 0. The molecule has 0 atom stereocenters. The summed E-state index contributed by atoms with van der Waals surface area (Å²) < 4.78 is 43.8. The molecule has 0 fully saturated rings. The van der Waals surface area contributed by atoms with Crippen LogP contribution in [0.25, 0.3) is 5.82 Å². The Bertz CT molecular complexity index is 846. The fourth-order valence-corrected chi connectivity index (χ4v) is 1.86. The number of esters is 1. The van der Waals surface area contributed by atoms with Gasteiger partial charge in [-0.15, -0.1) is 0 Å². The van der Waals surface area contributed by atoms with E-state index < -0.39 is 18.0 Å². The lowest BCUT2D eigenvalue weighted by Crippen LogP contribution is -2.13. The Morgan fingerprint density at radius 2 is 1.88 bits per heavy atom. The van der Waals surface area contributed by atoms with Crippen molar-refractivity contribution in [2.45, 2.75) is 12.8 Å². The quantitative estimate of drug-likeness (QED) is 0.673. The van der Waals surface area contributed by atoms with E-state index in [1.807, 2.05) is 0 Å². The number of carbonyl (C=O) groups is 1. The standard InChI is InChI=1S/C15H10F3N5O2/c16-15(17,18)14-21-6-11(7-22-14)13(24)25-8-10-1-2-12(20-5-10)23-4-3-19-9-23/h1-7,9H,8H2.